The minimum Gasteiger partial charge on any atom is -0.336 e. The number of alkyl halides is 2. The average molecular weight is 203 g/mol. The molecule has 0 bridgehead atoms. The van der Waals surface area contributed by atoms with Crippen molar-refractivity contribution in [1.82, 2.24) is 14.7 Å². The number of hydrogen-bond donors (Lipinski definition) is 0. The second-order valence-electron chi connectivity index (χ2n) is 3.02. The lowest BCUT2D eigenvalue weighted by Gasteiger charge is -2.14. The summed E-state index contributed by atoms with van der Waals surface area (Å²) in [5, 5.41) is 3.87. The molecule has 14 heavy (non-hydrogen) atoms. The van der Waals surface area contributed by atoms with Crippen LogP contribution in [-0.2, 0) is 18.4 Å². The van der Waals surface area contributed by atoms with Gasteiger partial charge in [-0.1, -0.05) is 0 Å². The fraction of sp³-hybridized carbons (Fsp3) is 0.500. The molecule has 1 amide bonds. The van der Waals surface area contributed by atoms with Crippen LogP contribution in [0.2, 0.25) is 0 Å². The lowest BCUT2D eigenvalue weighted by Crippen LogP contribution is -2.31. The Morgan fingerprint density at radius 1 is 1.71 bits per heavy atom. The summed E-state index contributed by atoms with van der Waals surface area (Å²) in [6.45, 7) is 0.150. The molecule has 6 heteroatoms. The molecule has 1 heterocycles. The third-order valence-corrected chi connectivity index (χ3v) is 1.74. The van der Waals surface area contributed by atoms with E-state index >= 15 is 0 Å². The number of hydrogen-bond acceptors (Lipinski definition) is 2. The lowest BCUT2D eigenvalue weighted by molar-refractivity contribution is -0.141. The molecule has 78 valence electrons. The number of carbonyl (C=O) groups is 1. The molecular weight excluding hydrogens is 192 g/mol. The lowest BCUT2D eigenvalue weighted by atomic mass is 10.3. The predicted octanol–water partition coefficient (Wildman–Crippen LogP) is 0.644. The van der Waals surface area contributed by atoms with E-state index in [1.165, 1.54) is 13.2 Å². The Hall–Kier alpha value is -1.46. The molecule has 4 nitrogen and oxygen atoms in total. The second-order valence-corrected chi connectivity index (χ2v) is 3.02. The quantitative estimate of drug-likeness (QED) is 0.723. The highest BCUT2D eigenvalue weighted by molar-refractivity contribution is 5.78. The molecule has 1 aromatic heterocycles. The van der Waals surface area contributed by atoms with Crippen molar-refractivity contribution >= 4 is 5.91 Å². The zero-order chi connectivity index (χ0) is 10.7. The largest absolute Gasteiger partial charge is 0.336 e. The van der Waals surface area contributed by atoms with Crippen LogP contribution in [0.1, 0.15) is 5.56 Å². The molecule has 0 saturated carbocycles. The Bertz CT molecular complexity index is 324. The summed E-state index contributed by atoms with van der Waals surface area (Å²) in [5.41, 5.74) is 0.726. The van der Waals surface area contributed by atoms with Crippen molar-refractivity contribution in [1.29, 1.82) is 0 Å². The molecule has 1 aromatic rings. The number of halogens is 2. The highest BCUT2D eigenvalue weighted by Crippen LogP contribution is 2.05. The number of carbonyl (C=O) groups excluding carboxylic acids is 1. The highest BCUT2D eigenvalue weighted by Gasteiger charge is 2.20. The average Bonchev–Trinajstić information content (AvgIpc) is 2.49. The van der Waals surface area contributed by atoms with E-state index in [1.54, 1.807) is 17.9 Å². The maximum absolute atomic E-state index is 12.0. The smallest absolute Gasteiger partial charge is 0.315 e. The molecule has 1 rings (SSSR count). The summed E-state index contributed by atoms with van der Waals surface area (Å²) in [6.07, 6.45) is 0.265. The number of nitrogens with zero attached hydrogens (tertiary/aromatic N) is 3. The Morgan fingerprint density at radius 2 is 2.36 bits per heavy atom. The van der Waals surface area contributed by atoms with E-state index < -0.39 is 12.3 Å². The van der Waals surface area contributed by atoms with Crippen molar-refractivity contribution in [2.24, 2.45) is 7.05 Å². The van der Waals surface area contributed by atoms with Gasteiger partial charge in [0.25, 0.3) is 5.91 Å². The monoisotopic (exact) mass is 203 g/mol. The van der Waals surface area contributed by atoms with Crippen LogP contribution in [0.4, 0.5) is 8.78 Å². The zero-order valence-corrected chi connectivity index (χ0v) is 7.94. The number of rotatable bonds is 3. The van der Waals surface area contributed by atoms with E-state index in [-0.39, 0.29) is 6.54 Å². The molecule has 0 spiro atoms. The fourth-order valence-corrected chi connectivity index (χ4v) is 1.07. The Balaban J connectivity index is 2.57. The minimum atomic E-state index is -2.95. The topological polar surface area (TPSA) is 38.1 Å². The van der Waals surface area contributed by atoms with Crippen LogP contribution in [0.5, 0.6) is 0 Å². The number of aryl methyl sites for hydroxylation is 1. The van der Waals surface area contributed by atoms with Gasteiger partial charge in [0.15, 0.2) is 0 Å². The number of amides is 1. The molecule has 0 atom stereocenters. The van der Waals surface area contributed by atoms with Gasteiger partial charge in [-0.05, 0) is 0 Å². The first-order chi connectivity index (χ1) is 6.50. The standard InChI is InChI=1S/C8H11F2N3O/c1-12(8(14)7(9)10)4-6-3-11-13(2)5-6/h3,5,7H,4H2,1-2H3. The van der Waals surface area contributed by atoms with Gasteiger partial charge in [-0.2, -0.15) is 13.9 Å². The summed E-state index contributed by atoms with van der Waals surface area (Å²) >= 11 is 0. The Kier molecular flexibility index (Phi) is 3.16. The van der Waals surface area contributed by atoms with Gasteiger partial charge in [0.1, 0.15) is 0 Å². The minimum absolute atomic E-state index is 0.150. The molecule has 0 radical (unpaired) electrons. The van der Waals surface area contributed by atoms with Gasteiger partial charge in [0.2, 0.25) is 0 Å². The summed E-state index contributed by atoms with van der Waals surface area (Å²) in [5.74, 6) is -1.17. The molecule has 0 aliphatic carbocycles. The zero-order valence-electron chi connectivity index (χ0n) is 7.94. The first-order valence-electron chi connectivity index (χ1n) is 4.01. The third kappa shape index (κ3) is 2.51. The van der Waals surface area contributed by atoms with Crippen LogP contribution in [0.25, 0.3) is 0 Å². The van der Waals surface area contributed by atoms with Gasteiger partial charge in [0, 0.05) is 32.4 Å². The van der Waals surface area contributed by atoms with Crippen LogP contribution in [0.15, 0.2) is 12.4 Å². The van der Waals surface area contributed by atoms with Crippen molar-refractivity contribution in [3.63, 3.8) is 0 Å². The van der Waals surface area contributed by atoms with Crippen LogP contribution in [-0.4, -0.2) is 34.1 Å². The van der Waals surface area contributed by atoms with Crippen LogP contribution in [0, 0.1) is 0 Å². The van der Waals surface area contributed by atoms with Gasteiger partial charge in [0.05, 0.1) is 6.20 Å². The van der Waals surface area contributed by atoms with E-state index in [1.807, 2.05) is 0 Å². The molecule has 0 fully saturated rings. The summed E-state index contributed by atoms with van der Waals surface area (Å²) in [7, 11) is 3.06. The SMILES string of the molecule is CN(Cc1cnn(C)c1)C(=O)C(F)F. The Morgan fingerprint density at radius 3 is 2.79 bits per heavy atom. The molecule has 0 saturated heterocycles. The number of aromatic nitrogens is 2. The second kappa shape index (κ2) is 4.17. The van der Waals surface area contributed by atoms with Gasteiger partial charge >= 0.3 is 6.43 Å². The normalized spacial score (nSPS) is 10.6. The van der Waals surface area contributed by atoms with Crippen molar-refractivity contribution in [2.45, 2.75) is 13.0 Å². The van der Waals surface area contributed by atoms with E-state index in [9.17, 15) is 13.6 Å². The van der Waals surface area contributed by atoms with Crippen molar-refractivity contribution in [3.05, 3.63) is 18.0 Å². The van der Waals surface area contributed by atoms with Crippen LogP contribution in [0.3, 0.4) is 0 Å². The van der Waals surface area contributed by atoms with Gasteiger partial charge in [-0.15, -0.1) is 0 Å². The van der Waals surface area contributed by atoms with E-state index in [4.69, 9.17) is 0 Å². The molecule has 0 unspecified atom stereocenters. The van der Waals surface area contributed by atoms with Gasteiger partial charge < -0.3 is 4.90 Å². The maximum atomic E-state index is 12.0. The van der Waals surface area contributed by atoms with E-state index in [0.29, 0.717) is 0 Å². The summed E-state index contributed by atoms with van der Waals surface area (Å²) < 4.78 is 25.5. The summed E-state index contributed by atoms with van der Waals surface area (Å²) in [4.78, 5) is 11.8. The van der Waals surface area contributed by atoms with Crippen LogP contribution < -0.4 is 0 Å². The van der Waals surface area contributed by atoms with E-state index in [2.05, 4.69) is 5.10 Å². The third-order valence-electron chi connectivity index (χ3n) is 1.74. The summed E-state index contributed by atoms with van der Waals surface area (Å²) in [6, 6.07) is 0. The highest BCUT2D eigenvalue weighted by atomic mass is 19.3. The first kappa shape index (κ1) is 10.6. The van der Waals surface area contributed by atoms with Gasteiger partial charge in [-0.25, -0.2) is 0 Å². The predicted molar refractivity (Wildman–Crippen MR) is 45.7 cm³/mol. The van der Waals surface area contributed by atoms with Crippen molar-refractivity contribution in [2.75, 3.05) is 7.05 Å². The van der Waals surface area contributed by atoms with E-state index in [0.717, 1.165) is 10.5 Å². The molecule has 0 aromatic carbocycles. The molecule has 0 aliphatic heterocycles. The van der Waals surface area contributed by atoms with Gasteiger partial charge in [-0.3, -0.25) is 9.48 Å². The van der Waals surface area contributed by atoms with Crippen LogP contribution >= 0.6 is 0 Å². The first-order valence-corrected chi connectivity index (χ1v) is 4.01. The van der Waals surface area contributed by atoms with Crippen molar-refractivity contribution in [3.8, 4) is 0 Å². The Labute approximate surface area is 80.1 Å². The maximum Gasteiger partial charge on any atom is 0.315 e. The van der Waals surface area contributed by atoms with Crippen molar-refractivity contribution < 1.29 is 13.6 Å². The fourth-order valence-electron chi connectivity index (χ4n) is 1.07. The molecule has 0 aliphatic rings. The molecule has 0 N–H and O–H groups in total. The molecular formula is C8H11F2N3O.